The highest BCUT2D eigenvalue weighted by Crippen LogP contribution is 2.14. The molecule has 0 aliphatic carbocycles. The van der Waals surface area contributed by atoms with Gasteiger partial charge in [0.25, 0.3) is 0 Å². The molecule has 1 heterocycles. The average Bonchev–Trinajstić information content (AvgIpc) is 2.96. The first-order chi connectivity index (χ1) is 10.3. The molecular formula is C13H17N3O4S2. The van der Waals surface area contributed by atoms with E-state index in [0.29, 0.717) is 13.0 Å². The third kappa shape index (κ3) is 4.39. The van der Waals surface area contributed by atoms with Crippen LogP contribution in [0.25, 0.3) is 0 Å². The second-order valence-electron chi connectivity index (χ2n) is 4.76. The fourth-order valence-corrected chi connectivity index (χ4v) is 3.53. The molecule has 9 heteroatoms. The molecule has 0 aliphatic rings. The smallest absolute Gasteiger partial charge is 0.240 e. The molecule has 0 fully saturated rings. The molecule has 7 nitrogen and oxygen atoms in total. The first kappa shape index (κ1) is 16.7. The molecule has 0 bridgehead atoms. The Labute approximate surface area is 129 Å². The number of nitrogens with one attached hydrogen (secondary N) is 1. The number of rotatable bonds is 7. The van der Waals surface area contributed by atoms with Crippen LogP contribution in [-0.2, 0) is 26.4 Å². The first-order valence-electron chi connectivity index (χ1n) is 6.56. The van der Waals surface area contributed by atoms with Crippen molar-refractivity contribution in [2.45, 2.75) is 22.8 Å². The standard InChI is InChI=1S/C13H17N3O4S2/c1-21(17,18)12-4-6-13(7-5-12)22(19,20)15-9-3-11-16-10-2-8-14-16/h2,4-8,10,15H,3,9,11H2,1H3. The van der Waals surface area contributed by atoms with Crippen molar-refractivity contribution in [2.24, 2.45) is 0 Å². The van der Waals surface area contributed by atoms with Crippen molar-refractivity contribution >= 4 is 19.9 Å². The predicted molar refractivity (Wildman–Crippen MR) is 81.6 cm³/mol. The van der Waals surface area contributed by atoms with Crippen LogP contribution in [0.5, 0.6) is 0 Å². The first-order valence-corrected chi connectivity index (χ1v) is 9.94. The number of hydrogen-bond acceptors (Lipinski definition) is 5. The maximum absolute atomic E-state index is 12.1. The van der Waals surface area contributed by atoms with E-state index in [1.807, 2.05) is 0 Å². The quantitative estimate of drug-likeness (QED) is 0.745. The maximum Gasteiger partial charge on any atom is 0.240 e. The fraction of sp³-hybridized carbons (Fsp3) is 0.308. The van der Waals surface area contributed by atoms with Gasteiger partial charge in [-0.2, -0.15) is 5.10 Å². The number of aromatic nitrogens is 2. The maximum atomic E-state index is 12.1. The van der Waals surface area contributed by atoms with E-state index in [0.717, 1.165) is 6.26 Å². The number of aryl methyl sites for hydroxylation is 1. The highest BCUT2D eigenvalue weighted by Gasteiger charge is 2.14. The van der Waals surface area contributed by atoms with Gasteiger partial charge in [-0.25, -0.2) is 21.6 Å². The summed E-state index contributed by atoms with van der Waals surface area (Å²) in [6.45, 7) is 0.887. The van der Waals surface area contributed by atoms with Crippen LogP contribution in [0.15, 0.2) is 52.5 Å². The van der Waals surface area contributed by atoms with Crippen LogP contribution in [-0.4, -0.2) is 39.4 Å². The number of benzene rings is 1. The van der Waals surface area contributed by atoms with Gasteiger partial charge in [-0.15, -0.1) is 0 Å². The van der Waals surface area contributed by atoms with Gasteiger partial charge in [0.1, 0.15) is 0 Å². The highest BCUT2D eigenvalue weighted by atomic mass is 32.2. The average molecular weight is 343 g/mol. The van der Waals surface area contributed by atoms with E-state index >= 15 is 0 Å². The van der Waals surface area contributed by atoms with Crippen LogP contribution < -0.4 is 4.72 Å². The molecule has 0 atom stereocenters. The SMILES string of the molecule is CS(=O)(=O)c1ccc(S(=O)(=O)NCCCn2cccn2)cc1. The van der Waals surface area contributed by atoms with Gasteiger partial charge in [-0.1, -0.05) is 0 Å². The Hall–Kier alpha value is -1.71. The summed E-state index contributed by atoms with van der Waals surface area (Å²) in [5, 5.41) is 4.02. The molecular weight excluding hydrogens is 326 g/mol. The van der Waals surface area contributed by atoms with Crippen molar-refractivity contribution in [2.75, 3.05) is 12.8 Å². The molecule has 1 aromatic heterocycles. The van der Waals surface area contributed by atoms with Crippen molar-refractivity contribution in [1.29, 1.82) is 0 Å². The third-order valence-electron chi connectivity index (χ3n) is 2.98. The number of hydrogen-bond donors (Lipinski definition) is 1. The van der Waals surface area contributed by atoms with Gasteiger partial charge in [0.05, 0.1) is 9.79 Å². The van der Waals surface area contributed by atoms with E-state index < -0.39 is 19.9 Å². The summed E-state index contributed by atoms with van der Waals surface area (Å²) in [6, 6.07) is 6.94. The normalized spacial score (nSPS) is 12.4. The minimum Gasteiger partial charge on any atom is -0.273 e. The van der Waals surface area contributed by atoms with Crippen LogP contribution in [0.3, 0.4) is 0 Å². The third-order valence-corrected chi connectivity index (χ3v) is 5.58. The van der Waals surface area contributed by atoms with Gasteiger partial charge in [0, 0.05) is 31.7 Å². The van der Waals surface area contributed by atoms with Gasteiger partial charge in [0.15, 0.2) is 9.84 Å². The fourth-order valence-electron chi connectivity index (χ4n) is 1.83. The summed E-state index contributed by atoms with van der Waals surface area (Å²) in [5.41, 5.74) is 0. The minimum atomic E-state index is -3.64. The van der Waals surface area contributed by atoms with Crippen molar-refractivity contribution in [1.82, 2.24) is 14.5 Å². The van der Waals surface area contributed by atoms with Crippen molar-refractivity contribution < 1.29 is 16.8 Å². The lowest BCUT2D eigenvalue weighted by atomic mass is 10.4. The molecule has 120 valence electrons. The van der Waals surface area contributed by atoms with E-state index in [1.165, 1.54) is 24.3 Å². The summed E-state index contributed by atoms with van der Waals surface area (Å²) < 4.78 is 51.0. The molecule has 0 radical (unpaired) electrons. The zero-order valence-corrected chi connectivity index (χ0v) is 13.6. The van der Waals surface area contributed by atoms with Crippen molar-refractivity contribution in [3.05, 3.63) is 42.7 Å². The Morgan fingerprint density at radius 2 is 1.73 bits per heavy atom. The Morgan fingerprint density at radius 3 is 2.27 bits per heavy atom. The molecule has 0 saturated heterocycles. The zero-order valence-electron chi connectivity index (χ0n) is 12.0. The summed E-state index contributed by atoms with van der Waals surface area (Å²) in [5.74, 6) is 0. The van der Waals surface area contributed by atoms with E-state index in [9.17, 15) is 16.8 Å². The topological polar surface area (TPSA) is 98.1 Å². The molecule has 0 spiro atoms. The van der Waals surface area contributed by atoms with Crippen LogP contribution in [0.1, 0.15) is 6.42 Å². The van der Waals surface area contributed by atoms with Gasteiger partial charge < -0.3 is 0 Å². The van der Waals surface area contributed by atoms with Gasteiger partial charge in [0.2, 0.25) is 10.0 Å². The lowest BCUT2D eigenvalue weighted by Gasteiger charge is -2.07. The summed E-state index contributed by atoms with van der Waals surface area (Å²) in [4.78, 5) is 0.129. The number of nitrogens with zero attached hydrogens (tertiary/aromatic N) is 2. The molecule has 0 saturated carbocycles. The largest absolute Gasteiger partial charge is 0.273 e. The lowest BCUT2D eigenvalue weighted by Crippen LogP contribution is -2.25. The van der Waals surface area contributed by atoms with Crippen molar-refractivity contribution in [3.8, 4) is 0 Å². The van der Waals surface area contributed by atoms with E-state index in [1.54, 1.807) is 23.1 Å². The summed E-state index contributed by atoms with van der Waals surface area (Å²) >= 11 is 0. The molecule has 0 aliphatic heterocycles. The second-order valence-corrected chi connectivity index (χ2v) is 8.55. The molecule has 1 N–H and O–H groups in total. The summed E-state index contributed by atoms with van der Waals surface area (Å²) in [7, 11) is -6.97. The van der Waals surface area contributed by atoms with Crippen LogP contribution >= 0.6 is 0 Å². The van der Waals surface area contributed by atoms with Crippen LogP contribution in [0.4, 0.5) is 0 Å². The monoisotopic (exact) mass is 343 g/mol. The molecule has 0 unspecified atom stereocenters. The predicted octanol–water partition coefficient (Wildman–Crippen LogP) is 0.655. The van der Waals surface area contributed by atoms with E-state index in [-0.39, 0.29) is 16.3 Å². The van der Waals surface area contributed by atoms with Crippen LogP contribution in [0, 0.1) is 0 Å². The van der Waals surface area contributed by atoms with E-state index in [4.69, 9.17) is 0 Å². The van der Waals surface area contributed by atoms with Gasteiger partial charge in [-0.05, 0) is 36.8 Å². The van der Waals surface area contributed by atoms with Gasteiger partial charge >= 0.3 is 0 Å². The molecule has 2 aromatic rings. The number of sulfone groups is 1. The Morgan fingerprint density at radius 1 is 1.09 bits per heavy atom. The second kappa shape index (κ2) is 6.59. The Balaban J connectivity index is 1.95. The number of sulfonamides is 1. The van der Waals surface area contributed by atoms with Crippen molar-refractivity contribution in [3.63, 3.8) is 0 Å². The van der Waals surface area contributed by atoms with E-state index in [2.05, 4.69) is 9.82 Å². The Kier molecular flexibility index (Phi) is 4.99. The molecule has 0 amide bonds. The lowest BCUT2D eigenvalue weighted by molar-refractivity contribution is 0.553. The highest BCUT2D eigenvalue weighted by molar-refractivity contribution is 7.90. The molecule has 2 rings (SSSR count). The summed E-state index contributed by atoms with van der Waals surface area (Å²) in [6.07, 6.45) is 5.14. The van der Waals surface area contributed by atoms with Crippen LogP contribution in [0.2, 0.25) is 0 Å². The zero-order chi connectivity index (χ0) is 16.2. The molecule has 1 aromatic carbocycles. The molecule has 22 heavy (non-hydrogen) atoms. The minimum absolute atomic E-state index is 0.0407. The van der Waals surface area contributed by atoms with Gasteiger partial charge in [-0.3, -0.25) is 4.68 Å². The Bertz CT molecular complexity index is 811.